The fourth-order valence-electron chi connectivity index (χ4n) is 5.51. The normalized spacial score (nSPS) is 27.2. The van der Waals surface area contributed by atoms with Crippen LogP contribution in [0.15, 0.2) is 42.9 Å². The quantitative estimate of drug-likeness (QED) is 0.390. The fourth-order valence-corrected chi connectivity index (χ4v) is 5.94. The van der Waals surface area contributed by atoms with Crippen molar-refractivity contribution < 1.29 is 18.1 Å². The van der Waals surface area contributed by atoms with Crippen LogP contribution < -0.4 is 10.0 Å². The van der Waals surface area contributed by atoms with Crippen LogP contribution in [-0.4, -0.2) is 45.3 Å². The van der Waals surface area contributed by atoms with Crippen LogP contribution in [0.5, 0.6) is 0 Å². The molecule has 2 aromatic heterocycles. The van der Waals surface area contributed by atoms with Gasteiger partial charge in [-0.2, -0.15) is 13.1 Å². The monoisotopic (exact) mass is 471 g/mol. The van der Waals surface area contributed by atoms with Gasteiger partial charge in [-0.1, -0.05) is 37.6 Å². The van der Waals surface area contributed by atoms with Crippen LogP contribution in [0.3, 0.4) is 0 Å². The zero-order chi connectivity index (χ0) is 23.2. The molecule has 10 heteroatoms. The molecule has 3 aromatic rings. The Balaban J connectivity index is 1.39. The Hall–Kier alpha value is -2.53. The van der Waals surface area contributed by atoms with Crippen LogP contribution in [0, 0.1) is 11.8 Å². The predicted molar refractivity (Wildman–Crippen MR) is 125 cm³/mol. The van der Waals surface area contributed by atoms with Gasteiger partial charge in [0.15, 0.2) is 0 Å². The maximum Gasteiger partial charge on any atom is 0.333 e. The lowest BCUT2D eigenvalue weighted by Crippen LogP contribution is -2.31. The molecule has 176 valence electrons. The van der Waals surface area contributed by atoms with Gasteiger partial charge in [0.25, 0.3) is 0 Å². The number of aliphatic hydroxyl groups excluding tert-OH is 1. The summed E-state index contributed by atoms with van der Waals surface area (Å²) in [5, 5.41) is 15.0. The SMILES string of the molecule is CC[C@H]1Cc2ccccc2[C@H]1Nc1ncnc2c1ccn2[C@H]1C[C@H](CNS(=O)(=O)O)[C@H](O)C1. The highest BCUT2D eigenvalue weighted by Gasteiger charge is 2.36. The molecule has 5 rings (SSSR count). The Morgan fingerprint density at radius 1 is 1.15 bits per heavy atom. The minimum atomic E-state index is -4.28. The van der Waals surface area contributed by atoms with Crippen molar-refractivity contribution in [1.82, 2.24) is 19.3 Å². The Bertz CT molecular complexity index is 1260. The molecule has 5 atom stereocenters. The van der Waals surface area contributed by atoms with E-state index in [4.69, 9.17) is 4.55 Å². The van der Waals surface area contributed by atoms with E-state index in [0.717, 1.165) is 29.7 Å². The number of anilines is 1. The highest BCUT2D eigenvalue weighted by atomic mass is 32.2. The number of rotatable bonds is 7. The third-order valence-electron chi connectivity index (χ3n) is 7.22. The standard InChI is InChI=1S/C23H29N5O4S/c1-2-14-9-15-5-3-4-6-18(15)21(14)27-22-19-7-8-28(23(19)25-13-24-22)17-10-16(20(29)11-17)12-26-33(30,31)32/h3-8,13-14,16-17,20-21,26,29H,2,9-12H2,1H3,(H,24,25,27)(H,30,31,32)/t14-,16+,17-,20+,21-/m0/s1. The van der Waals surface area contributed by atoms with Gasteiger partial charge in [0.1, 0.15) is 17.8 Å². The third-order valence-corrected chi connectivity index (χ3v) is 7.75. The zero-order valence-corrected chi connectivity index (χ0v) is 19.2. The number of fused-ring (bicyclic) bond motifs is 2. The molecular formula is C23H29N5O4S. The van der Waals surface area contributed by atoms with Crippen LogP contribution in [0.25, 0.3) is 11.0 Å². The molecule has 0 bridgehead atoms. The average molecular weight is 472 g/mol. The smallest absolute Gasteiger partial charge is 0.333 e. The highest BCUT2D eigenvalue weighted by Crippen LogP contribution is 2.41. The van der Waals surface area contributed by atoms with Crippen LogP contribution in [0.2, 0.25) is 0 Å². The molecule has 4 N–H and O–H groups in total. The molecule has 0 radical (unpaired) electrons. The molecule has 0 saturated heterocycles. The lowest BCUT2D eigenvalue weighted by molar-refractivity contribution is 0.133. The Kier molecular flexibility index (Phi) is 5.86. The molecule has 1 aromatic carbocycles. The van der Waals surface area contributed by atoms with Crippen LogP contribution in [-0.2, 0) is 16.7 Å². The summed E-state index contributed by atoms with van der Waals surface area (Å²) in [5.74, 6) is 1.01. The molecule has 2 aliphatic carbocycles. The molecule has 0 spiro atoms. The molecule has 33 heavy (non-hydrogen) atoms. The van der Waals surface area contributed by atoms with Gasteiger partial charge in [0.2, 0.25) is 0 Å². The second-order valence-corrected chi connectivity index (χ2v) is 10.4. The minimum absolute atomic E-state index is 0.00299. The highest BCUT2D eigenvalue weighted by molar-refractivity contribution is 7.83. The summed E-state index contributed by atoms with van der Waals surface area (Å²) >= 11 is 0. The summed E-state index contributed by atoms with van der Waals surface area (Å²) in [7, 11) is -4.28. The summed E-state index contributed by atoms with van der Waals surface area (Å²) in [4.78, 5) is 9.07. The van der Waals surface area contributed by atoms with E-state index in [2.05, 4.69) is 51.2 Å². The summed E-state index contributed by atoms with van der Waals surface area (Å²) < 4.78 is 35.1. The molecule has 0 amide bonds. The van der Waals surface area contributed by atoms with Crippen molar-refractivity contribution in [2.45, 2.75) is 50.8 Å². The molecule has 0 aliphatic heterocycles. The molecule has 2 aliphatic rings. The van der Waals surface area contributed by atoms with Gasteiger partial charge < -0.3 is 15.0 Å². The second-order valence-electron chi connectivity index (χ2n) is 9.15. The first-order valence-electron chi connectivity index (χ1n) is 11.4. The van der Waals surface area contributed by atoms with Gasteiger partial charge in [-0.05, 0) is 42.4 Å². The van der Waals surface area contributed by atoms with Crippen LogP contribution in [0.1, 0.15) is 49.4 Å². The lowest BCUT2D eigenvalue weighted by Gasteiger charge is -2.22. The van der Waals surface area contributed by atoms with Crippen LogP contribution >= 0.6 is 0 Å². The van der Waals surface area contributed by atoms with Gasteiger partial charge in [0.05, 0.1) is 17.5 Å². The summed E-state index contributed by atoms with van der Waals surface area (Å²) in [6, 6.07) is 10.7. The number of hydrogen-bond acceptors (Lipinski definition) is 6. The first-order valence-corrected chi connectivity index (χ1v) is 12.8. The molecule has 1 saturated carbocycles. The summed E-state index contributed by atoms with van der Waals surface area (Å²) in [5.41, 5.74) is 3.49. The van der Waals surface area contributed by atoms with Gasteiger partial charge in [-0.3, -0.25) is 4.55 Å². The van der Waals surface area contributed by atoms with E-state index in [0.29, 0.717) is 18.8 Å². The minimum Gasteiger partial charge on any atom is -0.393 e. The van der Waals surface area contributed by atoms with E-state index in [1.165, 1.54) is 11.1 Å². The van der Waals surface area contributed by atoms with Gasteiger partial charge in [-0.15, -0.1) is 0 Å². The summed E-state index contributed by atoms with van der Waals surface area (Å²) in [6.45, 7) is 2.22. The first-order chi connectivity index (χ1) is 15.8. The van der Waals surface area contributed by atoms with E-state index >= 15 is 0 Å². The van der Waals surface area contributed by atoms with E-state index in [9.17, 15) is 13.5 Å². The van der Waals surface area contributed by atoms with Gasteiger partial charge in [-0.25, -0.2) is 9.97 Å². The van der Waals surface area contributed by atoms with Crippen molar-refractivity contribution in [3.63, 3.8) is 0 Å². The van der Waals surface area contributed by atoms with E-state index < -0.39 is 16.4 Å². The van der Waals surface area contributed by atoms with Crippen LogP contribution in [0.4, 0.5) is 5.82 Å². The van der Waals surface area contributed by atoms with E-state index in [-0.39, 0.29) is 24.5 Å². The number of nitrogens with one attached hydrogen (secondary N) is 2. The van der Waals surface area contributed by atoms with Crippen molar-refractivity contribution in [3.8, 4) is 0 Å². The number of benzene rings is 1. The number of aromatic nitrogens is 3. The van der Waals surface area contributed by atoms with Crippen molar-refractivity contribution in [2.75, 3.05) is 11.9 Å². The number of aliphatic hydroxyl groups is 1. The fraction of sp³-hybridized carbons (Fsp3) is 0.478. The molecule has 1 fully saturated rings. The van der Waals surface area contributed by atoms with Gasteiger partial charge >= 0.3 is 10.3 Å². The lowest BCUT2D eigenvalue weighted by atomic mass is 9.98. The van der Waals surface area contributed by atoms with Gasteiger partial charge in [0, 0.05) is 24.7 Å². The Morgan fingerprint density at radius 2 is 1.97 bits per heavy atom. The van der Waals surface area contributed by atoms with E-state index in [1.54, 1.807) is 6.33 Å². The maximum absolute atomic E-state index is 11.0. The van der Waals surface area contributed by atoms with Crippen molar-refractivity contribution in [2.24, 2.45) is 11.8 Å². The largest absolute Gasteiger partial charge is 0.393 e. The average Bonchev–Trinajstić information content (AvgIpc) is 3.47. The Morgan fingerprint density at radius 3 is 2.76 bits per heavy atom. The molecule has 9 nitrogen and oxygen atoms in total. The number of hydrogen-bond donors (Lipinski definition) is 4. The third kappa shape index (κ3) is 4.35. The van der Waals surface area contributed by atoms with E-state index in [1.807, 2.05) is 16.8 Å². The molecular weight excluding hydrogens is 442 g/mol. The molecule has 0 unspecified atom stereocenters. The zero-order valence-electron chi connectivity index (χ0n) is 18.4. The first kappa shape index (κ1) is 22.3. The number of nitrogens with zero attached hydrogens (tertiary/aromatic N) is 3. The van der Waals surface area contributed by atoms with Crippen molar-refractivity contribution in [1.29, 1.82) is 0 Å². The molecule has 2 heterocycles. The maximum atomic E-state index is 11.0. The Labute approximate surface area is 193 Å². The second kappa shape index (κ2) is 8.68. The topological polar surface area (TPSA) is 129 Å². The van der Waals surface area contributed by atoms with Crippen molar-refractivity contribution >= 4 is 27.2 Å². The summed E-state index contributed by atoms with van der Waals surface area (Å²) in [6.07, 6.45) is 6.04. The predicted octanol–water partition coefficient (Wildman–Crippen LogP) is 2.87. The van der Waals surface area contributed by atoms with Crippen molar-refractivity contribution in [3.05, 3.63) is 54.0 Å².